The average molecular weight is 212 g/mol. The summed E-state index contributed by atoms with van der Waals surface area (Å²) >= 11 is 0. The van der Waals surface area contributed by atoms with Gasteiger partial charge in [0.2, 0.25) is 5.91 Å². The number of hydrogen-bond donors (Lipinski definition) is 2. The van der Waals surface area contributed by atoms with Gasteiger partial charge in [-0.15, -0.1) is 0 Å². The van der Waals surface area contributed by atoms with E-state index in [0.29, 0.717) is 18.5 Å². The lowest BCUT2D eigenvalue weighted by Crippen LogP contribution is -2.39. The molecule has 1 aliphatic rings. The van der Waals surface area contributed by atoms with Gasteiger partial charge in [0, 0.05) is 12.0 Å². The first-order chi connectivity index (χ1) is 7.15. The zero-order valence-corrected chi connectivity index (χ0v) is 9.96. The molecule has 88 valence electrons. The molecule has 0 aromatic heterocycles. The second-order valence-corrected chi connectivity index (χ2v) is 4.86. The summed E-state index contributed by atoms with van der Waals surface area (Å²) in [6.45, 7) is 4.89. The fourth-order valence-electron chi connectivity index (χ4n) is 2.24. The van der Waals surface area contributed by atoms with E-state index in [2.05, 4.69) is 12.2 Å². The first kappa shape index (κ1) is 12.5. The molecule has 0 saturated heterocycles. The van der Waals surface area contributed by atoms with Crippen molar-refractivity contribution in [1.82, 2.24) is 5.32 Å². The number of carbonyl (C=O) groups is 1. The molecule has 0 bridgehead atoms. The summed E-state index contributed by atoms with van der Waals surface area (Å²) in [7, 11) is 0. The lowest BCUT2D eigenvalue weighted by atomic mass is 10.0. The number of hydrogen-bond acceptors (Lipinski definition) is 2. The van der Waals surface area contributed by atoms with E-state index in [4.69, 9.17) is 5.73 Å². The molecule has 3 nitrogen and oxygen atoms in total. The van der Waals surface area contributed by atoms with Crippen LogP contribution in [0, 0.1) is 11.8 Å². The molecular formula is C12H24N2O. The molecule has 0 radical (unpaired) electrons. The molecule has 1 fully saturated rings. The van der Waals surface area contributed by atoms with E-state index < -0.39 is 0 Å². The van der Waals surface area contributed by atoms with Crippen molar-refractivity contribution in [1.29, 1.82) is 0 Å². The van der Waals surface area contributed by atoms with Crippen LogP contribution in [0.5, 0.6) is 0 Å². The van der Waals surface area contributed by atoms with Crippen LogP contribution in [0.25, 0.3) is 0 Å². The van der Waals surface area contributed by atoms with Crippen molar-refractivity contribution in [2.45, 2.75) is 52.0 Å². The summed E-state index contributed by atoms with van der Waals surface area (Å²) in [5, 5.41) is 3.16. The van der Waals surface area contributed by atoms with Gasteiger partial charge in [0.1, 0.15) is 0 Å². The van der Waals surface area contributed by atoms with Crippen molar-refractivity contribution in [2.24, 2.45) is 17.6 Å². The van der Waals surface area contributed by atoms with Crippen molar-refractivity contribution < 1.29 is 4.79 Å². The van der Waals surface area contributed by atoms with Gasteiger partial charge >= 0.3 is 0 Å². The number of amides is 1. The van der Waals surface area contributed by atoms with Crippen LogP contribution in [0.2, 0.25) is 0 Å². The van der Waals surface area contributed by atoms with Crippen LogP contribution in [0.1, 0.15) is 46.0 Å². The number of nitrogens with one attached hydrogen (secondary N) is 1. The highest BCUT2D eigenvalue weighted by Crippen LogP contribution is 2.25. The molecule has 3 unspecified atom stereocenters. The van der Waals surface area contributed by atoms with Gasteiger partial charge in [-0.05, 0) is 38.1 Å². The first-order valence-electron chi connectivity index (χ1n) is 6.15. The number of rotatable bonds is 5. The maximum absolute atomic E-state index is 11.8. The first-order valence-corrected chi connectivity index (χ1v) is 6.15. The molecule has 1 rings (SSSR count). The van der Waals surface area contributed by atoms with Gasteiger partial charge < -0.3 is 11.1 Å². The standard InChI is InChI=1S/C12H24N2O/c1-9-5-3-7-11(9)14-12(15)10(2)6-4-8-13/h9-11H,3-8,13H2,1-2H3,(H,14,15). The molecule has 3 N–H and O–H groups in total. The minimum absolute atomic E-state index is 0.112. The topological polar surface area (TPSA) is 55.1 Å². The molecule has 1 aliphatic carbocycles. The van der Waals surface area contributed by atoms with Crippen LogP contribution in [-0.2, 0) is 4.79 Å². The molecular weight excluding hydrogens is 188 g/mol. The van der Waals surface area contributed by atoms with E-state index in [1.165, 1.54) is 12.8 Å². The highest BCUT2D eigenvalue weighted by Gasteiger charge is 2.26. The van der Waals surface area contributed by atoms with Crippen LogP contribution in [0.4, 0.5) is 0 Å². The normalized spacial score (nSPS) is 27.7. The number of carbonyl (C=O) groups excluding carboxylic acids is 1. The molecule has 3 heteroatoms. The molecule has 1 saturated carbocycles. The Kier molecular flexibility index (Phi) is 5.09. The van der Waals surface area contributed by atoms with E-state index in [9.17, 15) is 4.79 Å². The van der Waals surface area contributed by atoms with Gasteiger partial charge in [0.15, 0.2) is 0 Å². The van der Waals surface area contributed by atoms with E-state index in [1.807, 2.05) is 6.92 Å². The fourth-order valence-corrected chi connectivity index (χ4v) is 2.24. The van der Waals surface area contributed by atoms with E-state index >= 15 is 0 Å². The monoisotopic (exact) mass is 212 g/mol. The Hall–Kier alpha value is -0.570. The Labute approximate surface area is 92.8 Å². The molecule has 0 heterocycles. The third-order valence-electron chi connectivity index (χ3n) is 3.48. The molecule has 3 atom stereocenters. The Bertz CT molecular complexity index is 206. The molecule has 0 spiro atoms. The molecule has 0 aromatic rings. The predicted molar refractivity (Wildman–Crippen MR) is 62.4 cm³/mol. The number of nitrogens with two attached hydrogens (primary N) is 1. The second-order valence-electron chi connectivity index (χ2n) is 4.86. The summed E-state index contributed by atoms with van der Waals surface area (Å²) < 4.78 is 0. The predicted octanol–water partition coefficient (Wildman–Crippen LogP) is 1.67. The fraction of sp³-hybridized carbons (Fsp3) is 0.917. The Morgan fingerprint density at radius 1 is 1.53 bits per heavy atom. The summed E-state index contributed by atoms with van der Waals surface area (Å²) in [6.07, 6.45) is 5.50. The molecule has 15 heavy (non-hydrogen) atoms. The average Bonchev–Trinajstić information content (AvgIpc) is 2.61. The second kappa shape index (κ2) is 6.11. The van der Waals surface area contributed by atoms with E-state index in [0.717, 1.165) is 19.3 Å². The minimum atomic E-state index is 0.112. The quantitative estimate of drug-likeness (QED) is 0.728. The van der Waals surface area contributed by atoms with Gasteiger partial charge in [0.05, 0.1) is 0 Å². The molecule has 0 aliphatic heterocycles. The van der Waals surface area contributed by atoms with Crippen LogP contribution >= 0.6 is 0 Å². The summed E-state index contributed by atoms with van der Waals surface area (Å²) in [4.78, 5) is 11.8. The maximum atomic E-state index is 11.8. The van der Waals surface area contributed by atoms with Crippen molar-refractivity contribution in [2.75, 3.05) is 6.54 Å². The lowest BCUT2D eigenvalue weighted by molar-refractivity contribution is -0.125. The van der Waals surface area contributed by atoms with E-state index in [1.54, 1.807) is 0 Å². The van der Waals surface area contributed by atoms with Crippen LogP contribution in [0.3, 0.4) is 0 Å². The maximum Gasteiger partial charge on any atom is 0.223 e. The van der Waals surface area contributed by atoms with Crippen LogP contribution in [-0.4, -0.2) is 18.5 Å². The zero-order chi connectivity index (χ0) is 11.3. The van der Waals surface area contributed by atoms with Gasteiger partial charge in [-0.2, -0.15) is 0 Å². The Morgan fingerprint density at radius 2 is 2.27 bits per heavy atom. The van der Waals surface area contributed by atoms with Crippen LogP contribution < -0.4 is 11.1 Å². The van der Waals surface area contributed by atoms with Gasteiger partial charge in [-0.3, -0.25) is 4.79 Å². The SMILES string of the molecule is CC(CCCN)C(=O)NC1CCCC1C. The smallest absolute Gasteiger partial charge is 0.223 e. The van der Waals surface area contributed by atoms with Gasteiger partial charge in [0.25, 0.3) is 0 Å². The third kappa shape index (κ3) is 3.82. The van der Waals surface area contributed by atoms with E-state index in [-0.39, 0.29) is 11.8 Å². The van der Waals surface area contributed by atoms with Gasteiger partial charge in [-0.1, -0.05) is 20.3 Å². The summed E-state index contributed by atoms with van der Waals surface area (Å²) in [5.74, 6) is 0.971. The van der Waals surface area contributed by atoms with Crippen molar-refractivity contribution in [3.8, 4) is 0 Å². The zero-order valence-electron chi connectivity index (χ0n) is 9.96. The molecule has 0 aromatic carbocycles. The minimum Gasteiger partial charge on any atom is -0.353 e. The van der Waals surface area contributed by atoms with Crippen molar-refractivity contribution >= 4 is 5.91 Å². The van der Waals surface area contributed by atoms with Crippen molar-refractivity contribution in [3.63, 3.8) is 0 Å². The highest BCUT2D eigenvalue weighted by atomic mass is 16.1. The van der Waals surface area contributed by atoms with Crippen LogP contribution in [0.15, 0.2) is 0 Å². The van der Waals surface area contributed by atoms with Crippen molar-refractivity contribution in [3.05, 3.63) is 0 Å². The summed E-state index contributed by atoms with van der Waals surface area (Å²) in [6, 6.07) is 0.415. The van der Waals surface area contributed by atoms with Gasteiger partial charge in [-0.25, -0.2) is 0 Å². The lowest BCUT2D eigenvalue weighted by Gasteiger charge is -2.20. The molecule has 1 amide bonds. The Balaban J connectivity index is 2.27. The third-order valence-corrected chi connectivity index (χ3v) is 3.48. The summed E-state index contributed by atoms with van der Waals surface area (Å²) in [5.41, 5.74) is 5.43. The Morgan fingerprint density at radius 3 is 2.80 bits per heavy atom. The largest absolute Gasteiger partial charge is 0.353 e. The highest BCUT2D eigenvalue weighted by molar-refractivity contribution is 5.78.